The van der Waals surface area contributed by atoms with Gasteiger partial charge in [0.15, 0.2) is 5.69 Å². The van der Waals surface area contributed by atoms with E-state index in [1.54, 1.807) is 23.7 Å². The molecule has 25 heavy (non-hydrogen) atoms. The molecule has 0 aliphatic carbocycles. The van der Waals surface area contributed by atoms with E-state index in [4.69, 9.17) is 0 Å². The zero-order valence-corrected chi connectivity index (χ0v) is 13.9. The average Bonchev–Trinajstić information content (AvgIpc) is 2.97. The van der Waals surface area contributed by atoms with Crippen molar-refractivity contribution in [2.45, 2.75) is 38.8 Å². The van der Waals surface area contributed by atoms with E-state index in [1.807, 2.05) is 0 Å². The molecule has 132 valence electrons. The summed E-state index contributed by atoms with van der Waals surface area (Å²) in [6.07, 6.45) is 2.01. The minimum atomic E-state index is -0.996. The number of amides is 1. The molecule has 0 spiro atoms. The predicted octanol–water partition coefficient (Wildman–Crippen LogP) is 1.85. The summed E-state index contributed by atoms with van der Waals surface area (Å²) in [5.74, 6) is -1.72. The topological polar surface area (TPSA) is 88.3 Å². The van der Waals surface area contributed by atoms with Crippen molar-refractivity contribution in [3.63, 3.8) is 0 Å². The molecule has 3 rings (SSSR count). The molecule has 1 fully saturated rings. The lowest BCUT2D eigenvalue weighted by Gasteiger charge is -2.32. The average molecular weight is 346 g/mol. The molecule has 1 aliphatic heterocycles. The maximum Gasteiger partial charge on any atom is 0.326 e. The van der Waals surface area contributed by atoms with Gasteiger partial charge in [0.2, 0.25) is 0 Å². The predicted molar refractivity (Wildman–Crippen MR) is 86.6 cm³/mol. The molecule has 1 atom stereocenters. The molecule has 8 heteroatoms. The third-order valence-corrected chi connectivity index (χ3v) is 4.48. The van der Waals surface area contributed by atoms with Gasteiger partial charge < -0.3 is 10.0 Å². The maximum absolute atomic E-state index is 13.0. The summed E-state index contributed by atoms with van der Waals surface area (Å²) in [5, 5.41) is 17.3. The Morgan fingerprint density at radius 3 is 2.68 bits per heavy atom. The molecule has 1 N–H and O–H groups in total. The molecule has 1 aromatic heterocycles. The van der Waals surface area contributed by atoms with Crippen molar-refractivity contribution < 1.29 is 19.1 Å². The van der Waals surface area contributed by atoms with Crippen molar-refractivity contribution in [1.29, 1.82) is 0 Å². The summed E-state index contributed by atoms with van der Waals surface area (Å²) in [6, 6.07) is 5.19. The van der Waals surface area contributed by atoms with E-state index >= 15 is 0 Å². The number of nitrogens with zero attached hydrogens (tertiary/aromatic N) is 4. The lowest BCUT2D eigenvalue weighted by atomic mass is 10.0. The minimum absolute atomic E-state index is 0.162. The lowest BCUT2D eigenvalue weighted by Crippen LogP contribution is -2.48. The second kappa shape index (κ2) is 7.00. The zero-order chi connectivity index (χ0) is 18.0. The third-order valence-electron chi connectivity index (χ3n) is 4.48. The van der Waals surface area contributed by atoms with Crippen LogP contribution in [0.1, 0.15) is 41.0 Å². The number of aliphatic carboxylic acids is 1. The van der Waals surface area contributed by atoms with Crippen LogP contribution in [0, 0.1) is 12.7 Å². The highest BCUT2D eigenvalue weighted by atomic mass is 19.1. The fraction of sp³-hybridized carbons (Fsp3) is 0.412. The molecular weight excluding hydrogens is 327 g/mol. The summed E-state index contributed by atoms with van der Waals surface area (Å²) in [7, 11) is 0. The Kier molecular flexibility index (Phi) is 4.78. The number of rotatable bonds is 4. The largest absolute Gasteiger partial charge is 0.480 e. The van der Waals surface area contributed by atoms with Gasteiger partial charge in [-0.3, -0.25) is 4.79 Å². The molecule has 0 bridgehead atoms. The molecule has 2 aromatic rings. The molecule has 1 aromatic carbocycles. The normalized spacial score (nSPS) is 17.5. The fourth-order valence-electron chi connectivity index (χ4n) is 3.04. The van der Waals surface area contributed by atoms with Crippen LogP contribution in [-0.2, 0) is 11.3 Å². The van der Waals surface area contributed by atoms with Crippen LogP contribution in [0.15, 0.2) is 24.3 Å². The highest BCUT2D eigenvalue weighted by Crippen LogP contribution is 2.20. The van der Waals surface area contributed by atoms with Crippen LogP contribution in [0.2, 0.25) is 0 Å². The van der Waals surface area contributed by atoms with E-state index in [9.17, 15) is 19.1 Å². The summed E-state index contributed by atoms with van der Waals surface area (Å²) < 4.78 is 14.5. The number of carbonyl (C=O) groups is 2. The Hall–Kier alpha value is -2.77. The highest BCUT2D eigenvalue weighted by Gasteiger charge is 2.34. The van der Waals surface area contributed by atoms with E-state index in [2.05, 4.69) is 10.3 Å². The molecule has 7 nitrogen and oxygen atoms in total. The number of likely N-dealkylation sites (tertiary alicyclic amines) is 1. The smallest absolute Gasteiger partial charge is 0.326 e. The van der Waals surface area contributed by atoms with Gasteiger partial charge in [0.25, 0.3) is 5.91 Å². The first-order chi connectivity index (χ1) is 12.0. The Morgan fingerprint density at radius 1 is 1.28 bits per heavy atom. The van der Waals surface area contributed by atoms with Crippen LogP contribution in [0.25, 0.3) is 0 Å². The Balaban J connectivity index is 1.81. The van der Waals surface area contributed by atoms with Crippen molar-refractivity contribution in [2.24, 2.45) is 0 Å². The SMILES string of the molecule is Cc1c(C(=O)N2CCCCC2C(=O)O)nnn1Cc1ccc(F)cc1. The number of carboxylic acid groups (broad SMARTS) is 1. The Morgan fingerprint density at radius 2 is 2.00 bits per heavy atom. The highest BCUT2D eigenvalue weighted by molar-refractivity contribution is 5.95. The van der Waals surface area contributed by atoms with Crippen molar-refractivity contribution in [3.05, 3.63) is 47.0 Å². The minimum Gasteiger partial charge on any atom is -0.480 e. The van der Waals surface area contributed by atoms with Gasteiger partial charge in [0.05, 0.1) is 12.2 Å². The molecule has 0 saturated carbocycles. The summed E-state index contributed by atoms with van der Waals surface area (Å²) in [5.41, 5.74) is 1.55. The summed E-state index contributed by atoms with van der Waals surface area (Å²) in [4.78, 5) is 25.5. The fourth-order valence-corrected chi connectivity index (χ4v) is 3.04. The van der Waals surface area contributed by atoms with Gasteiger partial charge in [-0.25, -0.2) is 13.9 Å². The number of benzene rings is 1. The van der Waals surface area contributed by atoms with Crippen LogP contribution in [0.4, 0.5) is 4.39 Å². The number of carboxylic acids is 1. The van der Waals surface area contributed by atoms with E-state index in [0.29, 0.717) is 25.2 Å². The molecule has 1 saturated heterocycles. The number of hydrogen-bond donors (Lipinski definition) is 1. The summed E-state index contributed by atoms with van der Waals surface area (Å²) >= 11 is 0. The van der Waals surface area contributed by atoms with Gasteiger partial charge in [-0.05, 0) is 43.9 Å². The van der Waals surface area contributed by atoms with E-state index in [0.717, 1.165) is 18.4 Å². The van der Waals surface area contributed by atoms with E-state index < -0.39 is 17.9 Å². The molecule has 1 unspecified atom stereocenters. The van der Waals surface area contributed by atoms with Crippen molar-refractivity contribution >= 4 is 11.9 Å². The van der Waals surface area contributed by atoms with Crippen LogP contribution in [-0.4, -0.2) is 49.5 Å². The molecule has 2 heterocycles. The van der Waals surface area contributed by atoms with E-state index in [-0.39, 0.29) is 11.5 Å². The zero-order valence-electron chi connectivity index (χ0n) is 13.9. The van der Waals surface area contributed by atoms with Crippen LogP contribution in [0.5, 0.6) is 0 Å². The quantitative estimate of drug-likeness (QED) is 0.913. The first kappa shape index (κ1) is 17.1. The van der Waals surface area contributed by atoms with Crippen molar-refractivity contribution in [3.8, 4) is 0 Å². The maximum atomic E-state index is 13.0. The van der Waals surface area contributed by atoms with Gasteiger partial charge in [0, 0.05) is 6.54 Å². The van der Waals surface area contributed by atoms with Gasteiger partial charge in [-0.1, -0.05) is 17.3 Å². The number of halogens is 1. The summed E-state index contributed by atoms with van der Waals surface area (Å²) in [6.45, 7) is 2.48. The number of piperidine rings is 1. The number of carbonyl (C=O) groups excluding carboxylic acids is 1. The second-order valence-corrected chi connectivity index (χ2v) is 6.16. The van der Waals surface area contributed by atoms with Gasteiger partial charge in [-0.15, -0.1) is 5.10 Å². The molecule has 1 amide bonds. The first-order valence-electron chi connectivity index (χ1n) is 8.15. The van der Waals surface area contributed by atoms with Gasteiger partial charge in [0.1, 0.15) is 11.9 Å². The number of aromatic nitrogens is 3. The van der Waals surface area contributed by atoms with Crippen LogP contribution in [0.3, 0.4) is 0 Å². The van der Waals surface area contributed by atoms with Gasteiger partial charge in [-0.2, -0.15) is 0 Å². The Labute approximate surface area is 144 Å². The van der Waals surface area contributed by atoms with E-state index in [1.165, 1.54) is 17.0 Å². The van der Waals surface area contributed by atoms with Crippen molar-refractivity contribution in [1.82, 2.24) is 19.9 Å². The number of hydrogen-bond acceptors (Lipinski definition) is 4. The molecular formula is C17H19FN4O3. The first-order valence-corrected chi connectivity index (χ1v) is 8.15. The standard InChI is InChI=1S/C17H19FN4O3/c1-11-15(16(23)21-9-3-2-4-14(21)17(24)25)19-20-22(11)10-12-5-7-13(18)8-6-12/h5-8,14H,2-4,9-10H2,1H3,(H,24,25). The Bertz CT molecular complexity index is 788. The molecule has 0 radical (unpaired) electrons. The second-order valence-electron chi connectivity index (χ2n) is 6.16. The third kappa shape index (κ3) is 3.52. The van der Waals surface area contributed by atoms with Crippen LogP contribution < -0.4 is 0 Å². The molecule has 1 aliphatic rings. The lowest BCUT2D eigenvalue weighted by molar-refractivity contribution is -0.143. The monoisotopic (exact) mass is 346 g/mol. The van der Waals surface area contributed by atoms with Crippen LogP contribution >= 0.6 is 0 Å². The van der Waals surface area contributed by atoms with Gasteiger partial charge >= 0.3 is 5.97 Å². The van der Waals surface area contributed by atoms with Crippen molar-refractivity contribution in [2.75, 3.05) is 6.54 Å².